The SMILES string of the molecule is C=N/C(=C\C(=C/C)C(=O)OCC(F)F)CNCC(=O)N(CC)CCN(C)C. The van der Waals surface area contributed by atoms with Crippen molar-refractivity contribution >= 4 is 18.6 Å². The van der Waals surface area contributed by atoms with E-state index in [1.54, 1.807) is 11.8 Å². The number of carbonyl (C=O) groups excluding carboxylic acids is 2. The highest BCUT2D eigenvalue weighted by Crippen LogP contribution is 2.07. The zero-order valence-electron chi connectivity index (χ0n) is 16.5. The minimum absolute atomic E-state index is 0.0506. The molecule has 9 heteroatoms. The molecule has 0 saturated carbocycles. The van der Waals surface area contributed by atoms with E-state index in [9.17, 15) is 18.4 Å². The molecule has 0 bridgehead atoms. The molecule has 0 aromatic heterocycles. The standard InChI is InChI=1S/C18H30F2N4O3/c1-6-14(18(26)27-13-16(19)20)10-15(21-3)11-22-12-17(25)24(7-2)9-8-23(4)5/h6,10,16,22H,3,7-9,11-13H2,1-2,4-5H3/b14-6+,15-10-. The van der Waals surface area contributed by atoms with Crippen LogP contribution in [-0.2, 0) is 14.3 Å². The first-order chi connectivity index (χ1) is 12.7. The summed E-state index contributed by atoms with van der Waals surface area (Å²) < 4.78 is 28.8. The number of hydrogen-bond donors (Lipinski definition) is 1. The van der Waals surface area contributed by atoms with Gasteiger partial charge in [-0.1, -0.05) is 6.08 Å². The van der Waals surface area contributed by atoms with E-state index in [1.165, 1.54) is 12.2 Å². The molecule has 0 aliphatic rings. The predicted molar refractivity (Wildman–Crippen MR) is 102 cm³/mol. The van der Waals surface area contributed by atoms with Crippen LogP contribution in [0, 0.1) is 0 Å². The highest BCUT2D eigenvalue weighted by molar-refractivity contribution is 5.91. The van der Waals surface area contributed by atoms with Gasteiger partial charge in [-0.05, 0) is 40.7 Å². The first-order valence-electron chi connectivity index (χ1n) is 8.67. The number of amides is 1. The molecule has 0 rings (SSSR count). The number of esters is 1. The summed E-state index contributed by atoms with van der Waals surface area (Å²) in [7, 11) is 3.88. The number of nitrogens with one attached hydrogen (secondary N) is 1. The summed E-state index contributed by atoms with van der Waals surface area (Å²) in [5.74, 6) is -0.916. The van der Waals surface area contributed by atoms with Gasteiger partial charge in [0.2, 0.25) is 5.91 Å². The van der Waals surface area contributed by atoms with Gasteiger partial charge in [0.25, 0.3) is 6.43 Å². The second-order valence-corrected chi connectivity index (χ2v) is 5.91. The normalized spacial score (nSPS) is 12.4. The van der Waals surface area contributed by atoms with Crippen LogP contribution in [-0.4, -0.2) is 88.2 Å². The number of halogens is 2. The van der Waals surface area contributed by atoms with Crippen molar-refractivity contribution in [3.05, 3.63) is 23.4 Å². The molecule has 154 valence electrons. The van der Waals surface area contributed by atoms with Crippen LogP contribution in [0.15, 0.2) is 28.4 Å². The van der Waals surface area contributed by atoms with Crippen molar-refractivity contribution in [1.82, 2.24) is 15.1 Å². The van der Waals surface area contributed by atoms with Crippen LogP contribution >= 0.6 is 0 Å². The molecule has 0 aromatic rings. The lowest BCUT2D eigenvalue weighted by atomic mass is 10.2. The molecular weight excluding hydrogens is 358 g/mol. The number of likely N-dealkylation sites (N-methyl/N-ethyl adjacent to an activating group) is 2. The van der Waals surface area contributed by atoms with Crippen molar-refractivity contribution in [2.45, 2.75) is 20.3 Å². The molecule has 0 heterocycles. The molecule has 7 nitrogen and oxygen atoms in total. The first-order valence-corrected chi connectivity index (χ1v) is 8.67. The number of ether oxygens (including phenoxy) is 1. The summed E-state index contributed by atoms with van der Waals surface area (Å²) in [4.78, 5) is 31.5. The minimum Gasteiger partial charge on any atom is -0.456 e. The zero-order valence-corrected chi connectivity index (χ0v) is 16.5. The van der Waals surface area contributed by atoms with Gasteiger partial charge in [0.1, 0.15) is 0 Å². The van der Waals surface area contributed by atoms with E-state index in [4.69, 9.17) is 0 Å². The number of carbonyl (C=O) groups is 2. The van der Waals surface area contributed by atoms with Gasteiger partial charge in [-0.15, -0.1) is 0 Å². The molecule has 0 spiro atoms. The van der Waals surface area contributed by atoms with E-state index >= 15 is 0 Å². The molecule has 1 amide bonds. The maximum absolute atomic E-state index is 12.2. The van der Waals surface area contributed by atoms with Gasteiger partial charge in [-0.3, -0.25) is 9.79 Å². The molecule has 0 aliphatic carbocycles. The van der Waals surface area contributed by atoms with Crippen LogP contribution in [0.2, 0.25) is 0 Å². The largest absolute Gasteiger partial charge is 0.456 e. The third kappa shape index (κ3) is 11.2. The van der Waals surface area contributed by atoms with E-state index < -0.39 is 19.0 Å². The molecular formula is C18H30F2N4O3. The molecule has 0 aromatic carbocycles. The number of nitrogens with zero attached hydrogens (tertiary/aromatic N) is 3. The monoisotopic (exact) mass is 388 g/mol. The summed E-state index contributed by atoms with van der Waals surface area (Å²) in [5.41, 5.74) is 0.480. The zero-order chi connectivity index (χ0) is 20.8. The van der Waals surface area contributed by atoms with Crippen molar-refractivity contribution in [2.75, 3.05) is 53.4 Å². The smallest absolute Gasteiger partial charge is 0.338 e. The minimum atomic E-state index is -2.73. The topological polar surface area (TPSA) is 74.2 Å². The summed E-state index contributed by atoms with van der Waals surface area (Å²) in [6, 6.07) is 0. The van der Waals surface area contributed by atoms with Crippen molar-refractivity contribution in [1.29, 1.82) is 0 Å². The van der Waals surface area contributed by atoms with Crippen LogP contribution in [0.5, 0.6) is 0 Å². The molecule has 1 N–H and O–H groups in total. The van der Waals surface area contributed by atoms with Crippen molar-refractivity contribution in [2.24, 2.45) is 4.99 Å². The van der Waals surface area contributed by atoms with Crippen molar-refractivity contribution in [3.8, 4) is 0 Å². The Labute approximate surface area is 159 Å². The van der Waals surface area contributed by atoms with Crippen LogP contribution in [0.25, 0.3) is 0 Å². The molecule has 0 radical (unpaired) electrons. The van der Waals surface area contributed by atoms with Crippen LogP contribution in [0.3, 0.4) is 0 Å². The second-order valence-electron chi connectivity index (χ2n) is 5.91. The molecule has 0 saturated heterocycles. The number of allylic oxidation sites excluding steroid dienone is 1. The van der Waals surface area contributed by atoms with Crippen molar-refractivity contribution < 1.29 is 23.1 Å². The third-order valence-corrected chi connectivity index (χ3v) is 3.55. The predicted octanol–water partition coefficient (Wildman–Crippen LogP) is 1.33. The Hall–Kier alpha value is -2.13. The maximum Gasteiger partial charge on any atom is 0.338 e. The highest BCUT2D eigenvalue weighted by Gasteiger charge is 2.14. The lowest BCUT2D eigenvalue weighted by molar-refractivity contribution is -0.142. The maximum atomic E-state index is 12.2. The molecule has 0 unspecified atom stereocenters. The number of alkyl halides is 2. The molecule has 0 fully saturated rings. The fourth-order valence-electron chi connectivity index (χ4n) is 2.00. The summed E-state index contributed by atoms with van der Waals surface area (Å²) in [5, 5.41) is 2.95. The Morgan fingerprint density at radius 2 is 1.93 bits per heavy atom. The van der Waals surface area contributed by atoms with E-state index in [2.05, 4.69) is 21.8 Å². The summed E-state index contributed by atoms with van der Waals surface area (Å²) in [6.07, 6.45) is 0.0984. The van der Waals surface area contributed by atoms with E-state index in [1.807, 2.05) is 25.9 Å². The van der Waals surface area contributed by atoms with Gasteiger partial charge >= 0.3 is 5.97 Å². The average molecular weight is 388 g/mol. The Morgan fingerprint density at radius 1 is 1.26 bits per heavy atom. The Kier molecular flexibility index (Phi) is 12.9. The van der Waals surface area contributed by atoms with Crippen LogP contribution in [0.4, 0.5) is 8.78 Å². The van der Waals surface area contributed by atoms with Gasteiger partial charge in [-0.25, -0.2) is 13.6 Å². The lowest BCUT2D eigenvalue weighted by Gasteiger charge is -2.23. The Bertz CT molecular complexity index is 549. The quantitative estimate of drug-likeness (QED) is 0.223. The van der Waals surface area contributed by atoms with Crippen LogP contribution < -0.4 is 5.32 Å². The van der Waals surface area contributed by atoms with Gasteiger partial charge in [0.15, 0.2) is 6.61 Å². The summed E-state index contributed by atoms with van der Waals surface area (Å²) in [6.45, 7) is 8.25. The van der Waals surface area contributed by atoms with Gasteiger partial charge in [0, 0.05) is 26.2 Å². The lowest BCUT2D eigenvalue weighted by Crippen LogP contribution is -2.41. The van der Waals surface area contributed by atoms with E-state index in [-0.39, 0.29) is 24.6 Å². The third-order valence-electron chi connectivity index (χ3n) is 3.55. The fraction of sp³-hybridized carbons (Fsp3) is 0.611. The first kappa shape index (κ1) is 24.9. The Morgan fingerprint density at radius 3 is 2.41 bits per heavy atom. The highest BCUT2D eigenvalue weighted by atomic mass is 19.3. The van der Waals surface area contributed by atoms with Gasteiger partial charge in [-0.2, -0.15) is 0 Å². The second kappa shape index (κ2) is 14.0. The van der Waals surface area contributed by atoms with Gasteiger partial charge in [0.05, 0.1) is 17.8 Å². The van der Waals surface area contributed by atoms with E-state index in [0.29, 0.717) is 18.8 Å². The van der Waals surface area contributed by atoms with Crippen molar-refractivity contribution in [3.63, 3.8) is 0 Å². The number of hydrogen-bond acceptors (Lipinski definition) is 6. The molecule has 0 aliphatic heterocycles. The summed E-state index contributed by atoms with van der Waals surface area (Å²) >= 11 is 0. The van der Waals surface area contributed by atoms with Crippen LogP contribution in [0.1, 0.15) is 13.8 Å². The number of aliphatic imine (C=N–C) groups is 1. The number of rotatable bonds is 13. The average Bonchev–Trinajstić information content (AvgIpc) is 2.62. The molecule has 0 atom stereocenters. The fourth-order valence-corrected chi connectivity index (χ4v) is 2.00. The molecule has 27 heavy (non-hydrogen) atoms. The Balaban J connectivity index is 4.65. The van der Waals surface area contributed by atoms with E-state index in [0.717, 1.165) is 6.54 Å². The van der Waals surface area contributed by atoms with Gasteiger partial charge < -0.3 is 19.9 Å².